The number of carbonyl (C=O) groups excluding carboxylic acids is 2. The van der Waals surface area contributed by atoms with E-state index in [0.29, 0.717) is 16.9 Å². The molecule has 2 atom stereocenters. The highest BCUT2D eigenvalue weighted by atomic mass is 35.5. The Labute approximate surface area is 263 Å². The number of hydrogen-bond donors (Lipinski definition) is 0. The molecule has 0 spiro atoms. The highest BCUT2D eigenvalue weighted by Crippen LogP contribution is 2.49. The van der Waals surface area contributed by atoms with Gasteiger partial charge in [-0.2, -0.15) is 4.98 Å². The van der Waals surface area contributed by atoms with Crippen molar-refractivity contribution in [3.63, 3.8) is 0 Å². The Kier molecular flexibility index (Phi) is 7.47. The lowest BCUT2D eigenvalue weighted by molar-refractivity contribution is -0.129. The van der Waals surface area contributed by atoms with Gasteiger partial charge in [0.25, 0.3) is 5.91 Å². The van der Waals surface area contributed by atoms with Gasteiger partial charge >= 0.3 is 5.69 Å². The number of anilines is 2. The molecule has 1 saturated heterocycles. The van der Waals surface area contributed by atoms with Crippen LogP contribution < -0.4 is 15.5 Å². The number of aryl methyl sites for hydroxylation is 1. The molecule has 0 saturated carbocycles. The summed E-state index contributed by atoms with van der Waals surface area (Å²) in [5.41, 5.74) is 0.117. The molecule has 2 unspecified atom stereocenters. The van der Waals surface area contributed by atoms with Crippen LogP contribution in [-0.4, -0.2) is 63.5 Å². The zero-order valence-corrected chi connectivity index (χ0v) is 26.2. The number of carbonyl (C=O) groups is 2. The van der Waals surface area contributed by atoms with E-state index in [1.807, 2.05) is 13.8 Å². The zero-order chi connectivity index (χ0) is 32.5. The first kappa shape index (κ1) is 30.4. The molecule has 4 heterocycles. The molecule has 1 fully saturated rings. The van der Waals surface area contributed by atoms with Crippen molar-refractivity contribution in [2.45, 2.75) is 45.7 Å². The summed E-state index contributed by atoms with van der Waals surface area (Å²) in [5, 5.41) is -0.100. The van der Waals surface area contributed by atoms with Gasteiger partial charge in [-0.3, -0.25) is 19.1 Å². The third-order valence-corrected chi connectivity index (χ3v) is 8.97. The molecule has 0 aliphatic carbocycles. The number of pyridine rings is 1. The van der Waals surface area contributed by atoms with Crippen molar-refractivity contribution in [1.82, 2.24) is 19.4 Å². The van der Waals surface area contributed by atoms with Crippen LogP contribution in [0.15, 0.2) is 54.0 Å². The number of aromatic nitrogens is 3. The maximum absolute atomic E-state index is 17.4. The van der Waals surface area contributed by atoms with E-state index in [1.54, 1.807) is 37.1 Å². The molecular formula is C33H31ClF2N6O3. The molecule has 2 aliphatic rings. The van der Waals surface area contributed by atoms with Crippen molar-refractivity contribution in [2.75, 3.05) is 29.9 Å². The van der Waals surface area contributed by atoms with Crippen LogP contribution in [0, 0.1) is 18.6 Å². The number of hydrogen-bond acceptors (Lipinski definition) is 6. The molecule has 12 heteroatoms. The Morgan fingerprint density at radius 3 is 2.51 bits per heavy atom. The molecule has 0 bridgehead atoms. The van der Waals surface area contributed by atoms with Crippen LogP contribution in [-0.2, 0) is 9.59 Å². The van der Waals surface area contributed by atoms with Crippen molar-refractivity contribution in [2.24, 2.45) is 0 Å². The number of nitrogens with zero attached hydrogens (tertiary/aromatic N) is 6. The monoisotopic (exact) mass is 632 g/mol. The first-order valence-electron chi connectivity index (χ1n) is 14.5. The van der Waals surface area contributed by atoms with Gasteiger partial charge in [-0.15, -0.1) is 0 Å². The van der Waals surface area contributed by atoms with E-state index < -0.39 is 35.3 Å². The number of likely N-dealkylation sites (N-methyl/N-ethyl adjacent to an activating group) is 1. The van der Waals surface area contributed by atoms with Crippen molar-refractivity contribution in [3.8, 4) is 16.8 Å². The molecule has 232 valence electrons. The van der Waals surface area contributed by atoms with Crippen LogP contribution in [0.5, 0.6) is 0 Å². The Morgan fingerprint density at radius 1 is 1.13 bits per heavy atom. The van der Waals surface area contributed by atoms with E-state index in [2.05, 4.69) is 16.5 Å². The Morgan fingerprint density at radius 2 is 1.84 bits per heavy atom. The highest BCUT2D eigenvalue weighted by Gasteiger charge is 2.45. The molecule has 6 rings (SSSR count). The van der Waals surface area contributed by atoms with Crippen molar-refractivity contribution in [1.29, 1.82) is 0 Å². The summed E-state index contributed by atoms with van der Waals surface area (Å²) >= 11 is 7.00. The molecule has 9 nitrogen and oxygen atoms in total. The third kappa shape index (κ3) is 4.51. The second-order valence-electron chi connectivity index (χ2n) is 11.7. The van der Waals surface area contributed by atoms with Gasteiger partial charge < -0.3 is 14.7 Å². The van der Waals surface area contributed by atoms with Gasteiger partial charge in [-0.05, 0) is 43.5 Å². The molecule has 45 heavy (non-hydrogen) atoms. The Bertz CT molecular complexity index is 1990. The summed E-state index contributed by atoms with van der Waals surface area (Å²) in [6.45, 7) is 11.1. The molecule has 2 aromatic carbocycles. The average molecular weight is 633 g/mol. The maximum Gasteiger partial charge on any atom is 0.354 e. The second kappa shape index (κ2) is 11.1. The summed E-state index contributed by atoms with van der Waals surface area (Å²) in [6, 6.07) is 5.80. The van der Waals surface area contributed by atoms with E-state index in [-0.39, 0.29) is 63.5 Å². The minimum absolute atomic E-state index is 0.0297. The Hall–Kier alpha value is -4.64. The zero-order valence-electron chi connectivity index (χ0n) is 25.4. The largest absolute Gasteiger partial charge is 0.354 e. The standard InChI is InChI=1S/C33H31ClF2N6O3/c1-7-22(43)40-14-18(5)41-21(15-40)32(44)39(6)29-24-30(26(36)23(25(29)34)19-10-8-9-11-20(19)35)42(33(45)38-31(24)41)28-17(4)12-13-37-27(28)16(2)3/h7-13,16,18,21H,1,14-15H2,2-6H3. The number of rotatable bonds is 4. The summed E-state index contributed by atoms with van der Waals surface area (Å²) in [5.74, 6) is -2.62. The van der Waals surface area contributed by atoms with E-state index in [4.69, 9.17) is 11.6 Å². The van der Waals surface area contributed by atoms with E-state index in [9.17, 15) is 14.4 Å². The van der Waals surface area contributed by atoms with E-state index in [0.717, 1.165) is 4.57 Å². The average Bonchev–Trinajstić information content (AvgIpc) is 3.09. The van der Waals surface area contributed by atoms with Crippen LogP contribution >= 0.6 is 11.6 Å². The van der Waals surface area contributed by atoms with E-state index in [1.165, 1.54) is 41.1 Å². The van der Waals surface area contributed by atoms with Gasteiger partial charge in [0.2, 0.25) is 5.91 Å². The predicted octanol–water partition coefficient (Wildman–Crippen LogP) is 5.38. The molecule has 4 aromatic rings. The van der Waals surface area contributed by atoms with Gasteiger partial charge in [-0.25, -0.2) is 13.6 Å². The fourth-order valence-corrected chi connectivity index (χ4v) is 6.96. The molecule has 2 aliphatic heterocycles. The number of halogens is 3. The number of amides is 2. The second-order valence-corrected chi connectivity index (χ2v) is 12.1. The molecular weight excluding hydrogens is 602 g/mol. The maximum atomic E-state index is 17.4. The third-order valence-electron chi connectivity index (χ3n) is 8.61. The summed E-state index contributed by atoms with van der Waals surface area (Å²) < 4.78 is 33.9. The minimum atomic E-state index is -0.983. The summed E-state index contributed by atoms with van der Waals surface area (Å²) in [4.78, 5) is 54.6. The van der Waals surface area contributed by atoms with Crippen LogP contribution in [0.4, 0.5) is 20.3 Å². The van der Waals surface area contributed by atoms with Gasteiger partial charge in [0.05, 0.1) is 34.0 Å². The van der Waals surface area contributed by atoms with Gasteiger partial charge in [-0.1, -0.05) is 50.2 Å². The van der Waals surface area contributed by atoms with Gasteiger partial charge in [0, 0.05) is 37.0 Å². The molecule has 0 N–H and O–H groups in total. The van der Waals surface area contributed by atoms with Crippen LogP contribution in [0.2, 0.25) is 5.02 Å². The van der Waals surface area contributed by atoms with E-state index >= 15 is 8.78 Å². The van der Waals surface area contributed by atoms with Crippen LogP contribution in [0.25, 0.3) is 27.7 Å². The summed E-state index contributed by atoms with van der Waals surface area (Å²) in [6.07, 6.45) is 2.79. The normalized spacial score (nSPS) is 18.0. The first-order chi connectivity index (χ1) is 21.4. The fourth-order valence-electron chi connectivity index (χ4n) is 6.55. The van der Waals surface area contributed by atoms with Crippen molar-refractivity contribution < 1.29 is 18.4 Å². The number of benzene rings is 2. The lowest BCUT2D eigenvalue weighted by Crippen LogP contribution is -2.63. The van der Waals surface area contributed by atoms with Crippen LogP contribution in [0.3, 0.4) is 0 Å². The lowest BCUT2D eigenvalue weighted by atomic mass is 9.98. The van der Waals surface area contributed by atoms with Crippen LogP contribution in [0.1, 0.15) is 37.9 Å². The quantitative estimate of drug-likeness (QED) is 0.281. The predicted molar refractivity (Wildman–Crippen MR) is 170 cm³/mol. The molecule has 2 amide bonds. The van der Waals surface area contributed by atoms with Gasteiger partial charge in [0.1, 0.15) is 23.2 Å². The highest BCUT2D eigenvalue weighted by molar-refractivity contribution is 6.39. The number of fused-ring (bicyclic) bond motifs is 2. The van der Waals surface area contributed by atoms with Gasteiger partial charge in [0.15, 0.2) is 5.82 Å². The first-order valence-corrected chi connectivity index (χ1v) is 14.9. The minimum Gasteiger partial charge on any atom is -0.337 e. The molecule has 0 radical (unpaired) electrons. The smallest absolute Gasteiger partial charge is 0.337 e. The topological polar surface area (TPSA) is 91.6 Å². The van der Waals surface area contributed by atoms with Crippen molar-refractivity contribution in [3.05, 3.63) is 87.6 Å². The Balaban J connectivity index is 1.82. The van der Waals surface area contributed by atoms with Crippen molar-refractivity contribution >= 4 is 45.8 Å². The SMILES string of the molecule is C=CC(=O)N1CC(C)N2c3nc(=O)n(-c4c(C)ccnc4C(C)C)c4c(F)c(-c5ccccc5F)c(Cl)c(c34)N(C)C(=O)C2C1. The summed E-state index contributed by atoms with van der Waals surface area (Å²) in [7, 11) is 1.49. The number of piperazine rings is 1. The lowest BCUT2D eigenvalue weighted by Gasteiger charge is -2.45. The fraction of sp³-hybridized carbons (Fsp3) is 0.303. The molecule has 2 aromatic heterocycles.